The molecule has 0 fully saturated rings. The standard InChI is InChI=1S/C13H14N2O3/c1-17-11-5-3-4-10(13(11)18-2)12(16)9-6-14-8-15-7-9/h3-8,12,16H,1-2H3. The van der Waals surface area contributed by atoms with Crippen LogP contribution >= 0.6 is 0 Å². The van der Waals surface area contributed by atoms with Crippen LogP contribution in [0.1, 0.15) is 17.2 Å². The van der Waals surface area contributed by atoms with Gasteiger partial charge in [0.15, 0.2) is 11.5 Å². The van der Waals surface area contributed by atoms with Crippen LogP contribution in [-0.2, 0) is 0 Å². The van der Waals surface area contributed by atoms with Crippen molar-refractivity contribution in [1.29, 1.82) is 0 Å². The average Bonchev–Trinajstić information content (AvgIpc) is 2.46. The molecule has 1 heterocycles. The molecule has 1 unspecified atom stereocenters. The van der Waals surface area contributed by atoms with Crippen molar-refractivity contribution in [1.82, 2.24) is 9.97 Å². The van der Waals surface area contributed by atoms with Gasteiger partial charge in [-0.25, -0.2) is 9.97 Å². The van der Waals surface area contributed by atoms with Gasteiger partial charge >= 0.3 is 0 Å². The Bertz CT molecular complexity index is 517. The highest BCUT2D eigenvalue weighted by molar-refractivity contribution is 5.49. The molecule has 5 heteroatoms. The fraction of sp³-hybridized carbons (Fsp3) is 0.231. The minimum absolute atomic E-state index is 0.511. The van der Waals surface area contributed by atoms with Crippen LogP contribution in [0.5, 0.6) is 11.5 Å². The van der Waals surface area contributed by atoms with E-state index in [9.17, 15) is 5.11 Å². The van der Waals surface area contributed by atoms with E-state index in [1.165, 1.54) is 13.4 Å². The smallest absolute Gasteiger partial charge is 0.166 e. The molecule has 0 saturated heterocycles. The number of aliphatic hydroxyl groups is 1. The van der Waals surface area contributed by atoms with E-state index in [-0.39, 0.29) is 0 Å². The highest BCUT2D eigenvalue weighted by Gasteiger charge is 2.18. The van der Waals surface area contributed by atoms with E-state index in [1.54, 1.807) is 37.7 Å². The van der Waals surface area contributed by atoms with Crippen molar-refractivity contribution >= 4 is 0 Å². The normalized spacial score (nSPS) is 11.9. The van der Waals surface area contributed by atoms with Crippen molar-refractivity contribution < 1.29 is 14.6 Å². The zero-order valence-electron chi connectivity index (χ0n) is 10.2. The van der Waals surface area contributed by atoms with Crippen molar-refractivity contribution in [2.24, 2.45) is 0 Å². The number of rotatable bonds is 4. The van der Waals surface area contributed by atoms with E-state index >= 15 is 0 Å². The summed E-state index contributed by atoms with van der Waals surface area (Å²) in [5, 5.41) is 10.3. The summed E-state index contributed by atoms with van der Waals surface area (Å²) in [5.74, 6) is 1.09. The number of nitrogens with zero attached hydrogens (tertiary/aromatic N) is 2. The lowest BCUT2D eigenvalue weighted by molar-refractivity contribution is 0.212. The maximum atomic E-state index is 10.3. The number of hydrogen-bond acceptors (Lipinski definition) is 5. The first-order valence-electron chi connectivity index (χ1n) is 5.41. The Morgan fingerprint density at radius 3 is 2.44 bits per heavy atom. The maximum Gasteiger partial charge on any atom is 0.166 e. The van der Waals surface area contributed by atoms with Gasteiger partial charge in [0, 0.05) is 23.5 Å². The third-order valence-electron chi connectivity index (χ3n) is 2.62. The summed E-state index contributed by atoms with van der Waals surface area (Å²) in [4.78, 5) is 7.77. The molecule has 0 bridgehead atoms. The van der Waals surface area contributed by atoms with E-state index in [4.69, 9.17) is 9.47 Å². The van der Waals surface area contributed by atoms with Crippen LogP contribution in [0.25, 0.3) is 0 Å². The molecule has 5 nitrogen and oxygen atoms in total. The Morgan fingerprint density at radius 2 is 1.83 bits per heavy atom. The van der Waals surface area contributed by atoms with Gasteiger partial charge in [-0.2, -0.15) is 0 Å². The summed E-state index contributed by atoms with van der Waals surface area (Å²) in [6.45, 7) is 0. The predicted octanol–water partition coefficient (Wildman–Crippen LogP) is 1.58. The van der Waals surface area contributed by atoms with Crippen LogP contribution in [0, 0.1) is 0 Å². The first-order valence-corrected chi connectivity index (χ1v) is 5.41. The van der Waals surface area contributed by atoms with E-state index in [1.807, 2.05) is 0 Å². The van der Waals surface area contributed by atoms with E-state index in [2.05, 4.69) is 9.97 Å². The van der Waals surface area contributed by atoms with Gasteiger partial charge in [0.1, 0.15) is 12.4 Å². The zero-order chi connectivity index (χ0) is 13.0. The summed E-state index contributed by atoms with van der Waals surface area (Å²) < 4.78 is 10.5. The highest BCUT2D eigenvalue weighted by Crippen LogP contribution is 2.36. The van der Waals surface area contributed by atoms with Crippen LogP contribution in [0.3, 0.4) is 0 Å². The molecule has 0 amide bonds. The van der Waals surface area contributed by atoms with Crippen LogP contribution in [0.15, 0.2) is 36.9 Å². The summed E-state index contributed by atoms with van der Waals surface area (Å²) in [5.41, 5.74) is 1.22. The Kier molecular flexibility index (Phi) is 3.74. The lowest BCUT2D eigenvalue weighted by Crippen LogP contribution is -2.04. The second-order valence-corrected chi connectivity index (χ2v) is 3.66. The van der Waals surface area contributed by atoms with Crippen LogP contribution in [0.2, 0.25) is 0 Å². The Morgan fingerprint density at radius 1 is 1.11 bits per heavy atom. The van der Waals surface area contributed by atoms with Gasteiger partial charge in [0.25, 0.3) is 0 Å². The van der Waals surface area contributed by atoms with Gasteiger partial charge in [-0.15, -0.1) is 0 Å². The molecule has 94 valence electrons. The number of benzene rings is 1. The largest absolute Gasteiger partial charge is 0.493 e. The molecule has 18 heavy (non-hydrogen) atoms. The molecule has 2 rings (SSSR count). The molecule has 2 aromatic rings. The number of aliphatic hydroxyl groups excluding tert-OH is 1. The molecule has 1 N–H and O–H groups in total. The highest BCUT2D eigenvalue weighted by atomic mass is 16.5. The number of para-hydroxylation sites is 1. The maximum absolute atomic E-state index is 10.3. The molecule has 0 spiro atoms. The fourth-order valence-corrected chi connectivity index (χ4v) is 1.76. The first-order chi connectivity index (χ1) is 8.77. The number of hydrogen-bond donors (Lipinski definition) is 1. The minimum Gasteiger partial charge on any atom is -0.493 e. The molecule has 1 aromatic carbocycles. The van der Waals surface area contributed by atoms with Crippen LogP contribution in [-0.4, -0.2) is 29.3 Å². The molecular formula is C13H14N2O3. The van der Waals surface area contributed by atoms with Gasteiger partial charge in [0.05, 0.1) is 14.2 Å². The zero-order valence-corrected chi connectivity index (χ0v) is 10.2. The van der Waals surface area contributed by atoms with Gasteiger partial charge in [-0.05, 0) is 6.07 Å². The van der Waals surface area contributed by atoms with Gasteiger partial charge in [0.2, 0.25) is 0 Å². The first kappa shape index (κ1) is 12.3. The fourth-order valence-electron chi connectivity index (χ4n) is 1.76. The lowest BCUT2D eigenvalue weighted by atomic mass is 10.0. The molecular weight excluding hydrogens is 232 g/mol. The monoisotopic (exact) mass is 246 g/mol. The third kappa shape index (κ3) is 2.26. The minimum atomic E-state index is -0.851. The summed E-state index contributed by atoms with van der Waals surface area (Å²) in [6.07, 6.45) is 3.70. The van der Waals surface area contributed by atoms with Crippen molar-refractivity contribution in [2.45, 2.75) is 6.10 Å². The summed E-state index contributed by atoms with van der Waals surface area (Å²) >= 11 is 0. The van der Waals surface area contributed by atoms with Crippen molar-refractivity contribution in [2.75, 3.05) is 14.2 Å². The predicted molar refractivity (Wildman–Crippen MR) is 65.6 cm³/mol. The van der Waals surface area contributed by atoms with Crippen molar-refractivity contribution in [3.63, 3.8) is 0 Å². The molecule has 0 aliphatic rings. The lowest BCUT2D eigenvalue weighted by Gasteiger charge is -2.16. The van der Waals surface area contributed by atoms with Gasteiger partial charge < -0.3 is 14.6 Å². The quantitative estimate of drug-likeness (QED) is 0.887. The molecule has 1 aromatic heterocycles. The molecule has 0 aliphatic carbocycles. The summed E-state index contributed by atoms with van der Waals surface area (Å²) in [6, 6.07) is 5.35. The number of ether oxygens (including phenoxy) is 2. The topological polar surface area (TPSA) is 64.5 Å². The molecule has 0 radical (unpaired) electrons. The number of aromatic nitrogens is 2. The third-order valence-corrected chi connectivity index (χ3v) is 2.62. The second kappa shape index (κ2) is 5.46. The van der Waals surface area contributed by atoms with E-state index in [0.29, 0.717) is 22.6 Å². The molecule has 0 aliphatic heterocycles. The summed E-state index contributed by atoms with van der Waals surface area (Å²) in [7, 11) is 3.09. The van der Waals surface area contributed by atoms with Crippen molar-refractivity contribution in [3.8, 4) is 11.5 Å². The van der Waals surface area contributed by atoms with E-state index < -0.39 is 6.10 Å². The Labute approximate surface area is 105 Å². The Hall–Kier alpha value is -2.14. The van der Waals surface area contributed by atoms with Gasteiger partial charge in [-0.1, -0.05) is 12.1 Å². The average molecular weight is 246 g/mol. The van der Waals surface area contributed by atoms with Crippen molar-refractivity contribution in [3.05, 3.63) is 48.0 Å². The second-order valence-electron chi connectivity index (χ2n) is 3.66. The molecule has 0 saturated carbocycles. The SMILES string of the molecule is COc1cccc(C(O)c2cncnc2)c1OC. The number of methoxy groups -OCH3 is 2. The molecule has 1 atom stereocenters. The Balaban J connectivity index is 2.45. The van der Waals surface area contributed by atoms with E-state index in [0.717, 1.165) is 0 Å². The van der Waals surface area contributed by atoms with Gasteiger partial charge in [-0.3, -0.25) is 0 Å². The van der Waals surface area contributed by atoms with Crippen LogP contribution in [0.4, 0.5) is 0 Å². The van der Waals surface area contributed by atoms with Crippen LogP contribution < -0.4 is 9.47 Å².